The fourth-order valence-electron chi connectivity index (χ4n) is 3.91. The van der Waals surface area contributed by atoms with Gasteiger partial charge < -0.3 is 4.74 Å². The largest absolute Gasteiger partial charge is 0.477 e. The molecule has 1 aromatic heterocycles. The van der Waals surface area contributed by atoms with Gasteiger partial charge in [0.1, 0.15) is 5.82 Å². The highest BCUT2D eigenvalue weighted by Crippen LogP contribution is 2.33. The van der Waals surface area contributed by atoms with Crippen molar-refractivity contribution in [2.24, 2.45) is 11.8 Å². The molecule has 1 fully saturated rings. The van der Waals surface area contributed by atoms with E-state index in [1.807, 2.05) is 19.1 Å². The van der Waals surface area contributed by atoms with Crippen molar-refractivity contribution < 1.29 is 9.13 Å². The van der Waals surface area contributed by atoms with E-state index in [1.54, 1.807) is 18.2 Å². The second-order valence-electron chi connectivity index (χ2n) is 7.34. The highest BCUT2D eigenvalue weighted by Gasteiger charge is 2.19. The van der Waals surface area contributed by atoms with Gasteiger partial charge in [0, 0.05) is 11.6 Å². The number of rotatable bonds is 7. The van der Waals surface area contributed by atoms with E-state index in [-0.39, 0.29) is 5.82 Å². The molecule has 0 atom stereocenters. The summed E-state index contributed by atoms with van der Waals surface area (Å²) in [5.41, 5.74) is 2.10. The molecule has 0 saturated heterocycles. The molecule has 1 aliphatic carbocycles. The third-order valence-corrected chi connectivity index (χ3v) is 5.63. The van der Waals surface area contributed by atoms with E-state index >= 15 is 0 Å². The molecule has 3 rings (SSSR count). The van der Waals surface area contributed by atoms with E-state index in [9.17, 15) is 4.39 Å². The summed E-state index contributed by atoms with van der Waals surface area (Å²) in [7, 11) is 0. The molecule has 0 bridgehead atoms. The first-order chi connectivity index (χ1) is 12.7. The second kappa shape index (κ2) is 9.11. The van der Waals surface area contributed by atoms with Crippen molar-refractivity contribution in [3.63, 3.8) is 0 Å². The Hall–Kier alpha value is -1.97. The van der Waals surface area contributed by atoms with E-state index in [1.165, 1.54) is 32.1 Å². The number of ether oxygens (including phenoxy) is 1. The van der Waals surface area contributed by atoms with Crippen molar-refractivity contribution in [2.45, 2.75) is 58.8 Å². The number of hydrogen-bond acceptors (Lipinski definition) is 3. The molecule has 1 aliphatic rings. The summed E-state index contributed by atoms with van der Waals surface area (Å²) >= 11 is 0. The van der Waals surface area contributed by atoms with Crippen molar-refractivity contribution >= 4 is 0 Å². The molecule has 4 heteroatoms. The smallest absolute Gasteiger partial charge is 0.233 e. The van der Waals surface area contributed by atoms with Crippen LogP contribution in [0.4, 0.5) is 4.39 Å². The molecular formula is C22H29FN2O. The number of aromatic nitrogens is 2. The summed E-state index contributed by atoms with van der Waals surface area (Å²) in [4.78, 5) is 0. The lowest BCUT2D eigenvalue weighted by Crippen LogP contribution is -2.14. The molecule has 1 saturated carbocycles. The Balaban J connectivity index is 1.59. The first-order valence-corrected chi connectivity index (χ1v) is 9.94. The van der Waals surface area contributed by atoms with E-state index in [0.717, 1.165) is 30.2 Å². The molecular weight excluding hydrogens is 327 g/mol. The lowest BCUT2D eigenvalue weighted by molar-refractivity contribution is 0.259. The molecule has 0 unspecified atom stereocenters. The topological polar surface area (TPSA) is 35.0 Å². The summed E-state index contributed by atoms with van der Waals surface area (Å²) in [6, 6.07) is 8.98. The standard InChI is InChI=1S/C22H29FN2O/c1-3-16-5-7-17(8-6-16)9-10-18-11-12-19(20(23)15-18)21-13-14-22(25-24-21)26-4-2/h11-17H,3-10H2,1-2H3/t16-,17-. The summed E-state index contributed by atoms with van der Waals surface area (Å²) < 4.78 is 19.8. The van der Waals surface area contributed by atoms with Gasteiger partial charge in [0.15, 0.2) is 0 Å². The maximum Gasteiger partial charge on any atom is 0.233 e. The number of halogens is 1. The zero-order valence-corrected chi connectivity index (χ0v) is 15.9. The van der Waals surface area contributed by atoms with E-state index in [2.05, 4.69) is 17.1 Å². The van der Waals surface area contributed by atoms with Crippen molar-refractivity contribution in [1.29, 1.82) is 0 Å². The van der Waals surface area contributed by atoms with Crippen molar-refractivity contribution in [3.05, 3.63) is 41.7 Å². The lowest BCUT2D eigenvalue weighted by atomic mass is 9.78. The van der Waals surface area contributed by atoms with Gasteiger partial charge in [-0.2, -0.15) is 0 Å². The predicted molar refractivity (Wildman–Crippen MR) is 103 cm³/mol. The van der Waals surface area contributed by atoms with Gasteiger partial charge in [0.2, 0.25) is 5.88 Å². The van der Waals surface area contributed by atoms with Crippen LogP contribution in [0.15, 0.2) is 30.3 Å². The Morgan fingerprint density at radius 3 is 2.38 bits per heavy atom. The minimum absolute atomic E-state index is 0.226. The SMILES string of the molecule is CCOc1ccc(-c2ccc(CC[C@H]3CC[C@H](CC)CC3)cc2F)nn1. The average molecular weight is 356 g/mol. The molecule has 0 aliphatic heterocycles. The number of hydrogen-bond donors (Lipinski definition) is 0. The molecule has 1 aromatic carbocycles. The van der Waals surface area contributed by atoms with Crippen molar-refractivity contribution in [1.82, 2.24) is 10.2 Å². The molecule has 0 spiro atoms. The molecule has 0 N–H and O–H groups in total. The Bertz CT molecular complexity index is 694. The molecule has 26 heavy (non-hydrogen) atoms. The Morgan fingerprint density at radius 2 is 1.77 bits per heavy atom. The molecule has 2 aromatic rings. The van der Waals surface area contributed by atoms with Crippen LogP contribution in [0.5, 0.6) is 5.88 Å². The fourth-order valence-corrected chi connectivity index (χ4v) is 3.91. The monoisotopic (exact) mass is 356 g/mol. The number of aryl methyl sites for hydroxylation is 1. The van der Waals surface area contributed by atoms with Crippen LogP contribution in [-0.2, 0) is 6.42 Å². The van der Waals surface area contributed by atoms with E-state index < -0.39 is 0 Å². The minimum atomic E-state index is -0.226. The third-order valence-electron chi connectivity index (χ3n) is 5.63. The van der Waals surface area contributed by atoms with Crippen LogP contribution in [0.25, 0.3) is 11.3 Å². The van der Waals surface area contributed by atoms with Crippen LogP contribution < -0.4 is 4.74 Å². The predicted octanol–water partition coefficient (Wildman–Crippen LogP) is 5.83. The maximum absolute atomic E-state index is 14.5. The Morgan fingerprint density at radius 1 is 1.00 bits per heavy atom. The lowest BCUT2D eigenvalue weighted by Gasteiger charge is -2.27. The summed E-state index contributed by atoms with van der Waals surface area (Å²) in [5, 5.41) is 8.06. The second-order valence-corrected chi connectivity index (χ2v) is 7.34. The van der Waals surface area contributed by atoms with Crippen LogP contribution in [-0.4, -0.2) is 16.8 Å². The molecule has 0 amide bonds. The van der Waals surface area contributed by atoms with Gasteiger partial charge in [-0.1, -0.05) is 45.1 Å². The fraction of sp³-hybridized carbons (Fsp3) is 0.545. The summed E-state index contributed by atoms with van der Waals surface area (Å²) in [6.45, 7) is 4.73. The van der Waals surface area contributed by atoms with Crippen LogP contribution >= 0.6 is 0 Å². The highest BCUT2D eigenvalue weighted by atomic mass is 19.1. The van der Waals surface area contributed by atoms with Crippen molar-refractivity contribution in [3.8, 4) is 17.1 Å². The van der Waals surface area contributed by atoms with Crippen LogP contribution in [0.1, 0.15) is 57.9 Å². The molecule has 0 radical (unpaired) electrons. The van der Waals surface area contributed by atoms with Crippen LogP contribution in [0.3, 0.4) is 0 Å². The first-order valence-electron chi connectivity index (χ1n) is 9.94. The van der Waals surface area contributed by atoms with Crippen molar-refractivity contribution in [2.75, 3.05) is 6.61 Å². The average Bonchev–Trinajstić information content (AvgIpc) is 2.68. The van der Waals surface area contributed by atoms with Gasteiger partial charge in [0.25, 0.3) is 0 Å². The number of nitrogens with zero attached hydrogens (tertiary/aromatic N) is 2. The normalized spacial score (nSPS) is 20.1. The summed E-state index contributed by atoms with van der Waals surface area (Å²) in [5.74, 6) is 1.97. The minimum Gasteiger partial charge on any atom is -0.477 e. The summed E-state index contributed by atoms with van der Waals surface area (Å²) in [6.07, 6.45) is 8.83. The molecule has 3 nitrogen and oxygen atoms in total. The van der Waals surface area contributed by atoms with Gasteiger partial charge in [-0.3, -0.25) is 0 Å². The van der Waals surface area contributed by atoms with Gasteiger partial charge in [-0.05, 0) is 55.4 Å². The van der Waals surface area contributed by atoms with Gasteiger partial charge in [0.05, 0.1) is 12.3 Å². The zero-order valence-electron chi connectivity index (χ0n) is 15.9. The highest BCUT2D eigenvalue weighted by molar-refractivity contribution is 5.60. The maximum atomic E-state index is 14.5. The van der Waals surface area contributed by atoms with Gasteiger partial charge in [-0.15, -0.1) is 10.2 Å². The van der Waals surface area contributed by atoms with E-state index in [4.69, 9.17) is 4.74 Å². The van der Waals surface area contributed by atoms with Gasteiger partial charge in [-0.25, -0.2) is 4.39 Å². The van der Waals surface area contributed by atoms with E-state index in [0.29, 0.717) is 23.7 Å². The Kier molecular flexibility index (Phi) is 6.59. The Labute approximate surface area is 156 Å². The van der Waals surface area contributed by atoms with Crippen LogP contribution in [0.2, 0.25) is 0 Å². The third kappa shape index (κ3) is 4.80. The number of benzene rings is 1. The molecule has 1 heterocycles. The van der Waals surface area contributed by atoms with Gasteiger partial charge >= 0.3 is 0 Å². The zero-order chi connectivity index (χ0) is 18.4. The van der Waals surface area contributed by atoms with Crippen LogP contribution in [0, 0.1) is 17.7 Å². The quantitative estimate of drug-likeness (QED) is 0.626. The molecule has 140 valence electrons. The first kappa shape index (κ1) is 18.8.